The molecule has 2 aromatic rings. The van der Waals surface area contributed by atoms with Crippen molar-refractivity contribution < 1.29 is 13.2 Å². The summed E-state index contributed by atoms with van der Waals surface area (Å²) >= 11 is 6.03. The number of hydrogen-bond acceptors (Lipinski definition) is 6. The first-order valence-electron chi connectivity index (χ1n) is 10.0. The van der Waals surface area contributed by atoms with Crippen LogP contribution < -0.4 is 11.2 Å². The topological polar surface area (TPSA) is 125 Å². The van der Waals surface area contributed by atoms with Crippen molar-refractivity contribution in [2.75, 3.05) is 26.2 Å². The van der Waals surface area contributed by atoms with Crippen LogP contribution in [0.2, 0.25) is 5.02 Å². The minimum Gasteiger partial charge on any atom is -0.338 e. The van der Waals surface area contributed by atoms with E-state index in [2.05, 4.69) is 0 Å². The minimum absolute atomic E-state index is 0.00180. The van der Waals surface area contributed by atoms with E-state index in [-0.39, 0.29) is 47.7 Å². The lowest BCUT2D eigenvalue weighted by Gasteiger charge is -2.34. The zero-order valence-corrected chi connectivity index (χ0v) is 18.5. The Labute approximate surface area is 188 Å². The summed E-state index contributed by atoms with van der Waals surface area (Å²) in [5.41, 5.74) is -1.62. The molecule has 1 amide bonds. The summed E-state index contributed by atoms with van der Waals surface area (Å²) in [6.45, 7) is -0.188. The van der Waals surface area contributed by atoms with Crippen molar-refractivity contribution in [2.24, 2.45) is 0 Å². The van der Waals surface area contributed by atoms with Gasteiger partial charge in [-0.2, -0.15) is 9.57 Å². The second kappa shape index (κ2) is 8.54. The Hall–Kier alpha value is -2.94. The first kappa shape index (κ1) is 22.3. The third-order valence-electron chi connectivity index (χ3n) is 5.60. The van der Waals surface area contributed by atoms with Crippen LogP contribution >= 0.6 is 11.6 Å². The van der Waals surface area contributed by atoms with Gasteiger partial charge in [0.1, 0.15) is 23.1 Å². The Balaban J connectivity index is 1.49. The average molecular weight is 478 g/mol. The van der Waals surface area contributed by atoms with Gasteiger partial charge in [0.15, 0.2) is 0 Å². The van der Waals surface area contributed by atoms with Crippen molar-refractivity contribution in [3.8, 4) is 6.07 Å². The monoisotopic (exact) mass is 477 g/mol. The molecule has 2 fully saturated rings. The van der Waals surface area contributed by atoms with E-state index >= 15 is 0 Å². The maximum absolute atomic E-state index is 12.9. The number of nitrogens with zero attached hydrogens (tertiary/aromatic N) is 5. The molecule has 1 aromatic heterocycles. The molecule has 1 saturated heterocycles. The molecule has 0 unspecified atom stereocenters. The summed E-state index contributed by atoms with van der Waals surface area (Å²) in [4.78, 5) is 39.3. The van der Waals surface area contributed by atoms with Crippen molar-refractivity contribution in [1.29, 1.82) is 5.26 Å². The van der Waals surface area contributed by atoms with Crippen molar-refractivity contribution in [1.82, 2.24) is 18.3 Å². The zero-order valence-electron chi connectivity index (χ0n) is 17.0. The average Bonchev–Trinajstić information content (AvgIpc) is 3.62. The highest BCUT2D eigenvalue weighted by Crippen LogP contribution is 2.33. The number of carbonyl (C=O) groups excluding carboxylic acids is 1. The molecule has 0 bridgehead atoms. The van der Waals surface area contributed by atoms with Crippen LogP contribution in [0.1, 0.15) is 24.4 Å². The summed E-state index contributed by atoms with van der Waals surface area (Å²) in [5, 5.41) is 9.34. The quantitative estimate of drug-likeness (QED) is 0.613. The Bertz CT molecular complexity index is 1330. The van der Waals surface area contributed by atoms with Crippen molar-refractivity contribution >= 4 is 27.5 Å². The molecule has 0 radical (unpaired) electrons. The second-order valence-electron chi connectivity index (χ2n) is 7.68. The first-order valence-corrected chi connectivity index (χ1v) is 11.8. The Morgan fingerprint density at radius 2 is 1.78 bits per heavy atom. The normalized spacial score (nSPS) is 17.2. The van der Waals surface area contributed by atoms with Crippen LogP contribution in [0.3, 0.4) is 0 Å². The maximum Gasteiger partial charge on any atom is 0.331 e. The standard InChI is InChI=1S/C20H20ClN5O5S/c21-16-3-1-2-4-17(16)32(30,31)24-9-7-23(8-10-24)18(27)13-26-19(28)14(11-22)12-25(20(26)29)15-5-6-15/h1-4,12,15H,5-10,13H2. The van der Waals surface area contributed by atoms with Crippen molar-refractivity contribution in [3.63, 3.8) is 0 Å². The summed E-state index contributed by atoms with van der Waals surface area (Å²) < 4.78 is 29.1. The summed E-state index contributed by atoms with van der Waals surface area (Å²) in [6.07, 6.45) is 2.80. The van der Waals surface area contributed by atoms with E-state index in [9.17, 15) is 28.1 Å². The lowest BCUT2D eigenvalue weighted by Crippen LogP contribution is -2.52. The smallest absolute Gasteiger partial charge is 0.331 e. The molecule has 10 nitrogen and oxygen atoms in total. The van der Waals surface area contributed by atoms with Crippen LogP contribution in [-0.4, -0.2) is 58.8 Å². The number of aromatic nitrogens is 2. The lowest BCUT2D eigenvalue weighted by molar-refractivity contribution is -0.133. The fourth-order valence-electron chi connectivity index (χ4n) is 3.66. The summed E-state index contributed by atoms with van der Waals surface area (Å²) in [6, 6.07) is 7.86. The SMILES string of the molecule is N#Cc1cn(C2CC2)c(=O)n(CC(=O)N2CCN(S(=O)(=O)c3ccccc3Cl)CC2)c1=O. The van der Waals surface area contributed by atoms with E-state index in [1.54, 1.807) is 18.2 Å². The molecular formula is C20H20ClN5O5S. The van der Waals surface area contributed by atoms with Crippen LogP contribution in [-0.2, 0) is 21.4 Å². The Morgan fingerprint density at radius 1 is 1.12 bits per heavy atom. The molecule has 2 heterocycles. The first-order chi connectivity index (χ1) is 15.2. The lowest BCUT2D eigenvalue weighted by atomic mass is 10.3. The van der Waals surface area contributed by atoms with Gasteiger partial charge in [-0.25, -0.2) is 17.8 Å². The molecule has 0 N–H and O–H groups in total. The highest BCUT2D eigenvalue weighted by Gasteiger charge is 2.32. The van der Waals surface area contributed by atoms with Gasteiger partial charge in [-0.1, -0.05) is 23.7 Å². The number of nitriles is 1. The van der Waals surface area contributed by atoms with E-state index in [0.717, 1.165) is 17.4 Å². The van der Waals surface area contributed by atoms with Gasteiger partial charge >= 0.3 is 5.69 Å². The molecule has 32 heavy (non-hydrogen) atoms. The van der Waals surface area contributed by atoms with Gasteiger partial charge in [0.05, 0.1) is 5.02 Å². The fraction of sp³-hybridized carbons (Fsp3) is 0.400. The second-order valence-corrected chi connectivity index (χ2v) is 10.00. The van der Waals surface area contributed by atoms with Gasteiger partial charge < -0.3 is 4.90 Å². The number of carbonyl (C=O) groups is 1. The predicted molar refractivity (Wildman–Crippen MR) is 115 cm³/mol. The maximum atomic E-state index is 12.9. The number of rotatable bonds is 5. The number of halogens is 1. The van der Waals surface area contributed by atoms with Crippen LogP contribution in [0.15, 0.2) is 44.9 Å². The third-order valence-corrected chi connectivity index (χ3v) is 7.99. The van der Waals surface area contributed by atoms with Crippen LogP contribution in [0.5, 0.6) is 0 Å². The van der Waals surface area contributed by atoms with Gasteiger partial charge in [-0.15, -0.1) is 0 Å². The van der Waals surface area contributed by atoms with Gasteiger partial charge in [0.2, 0.25) is 15.9 Å². The minimum atomic E-state index is -3.81. The van der Waals surface area contributed by atoms with E-state index in [1.807, 2.05) is 0 Å². The predicted octanol–water partition coefficient (Wildman–Crippen LogP) is 0.403. The number of sulfonamides is 1. The molecule has 0 spiro atoms. The van der Waals surface area contributed by atoms with Gasteiger partial charge in [-0.3, -0.25) is 14.2 Å². The number of piperazine rings is 1. The number of hydrogen-bond donors (Lipinski definition) is 0. The van der Waals surface area contributed by atoms with Crippen LogP contribution in [0.25, 0.3) is 0 Å². The Kier molecular flexibility index (Phi) is 5.94. The Morgan fingerprint density at radius 3 is 2.38 bits per heavy atom. The third kappa shape index (κ3) is 4.09. The number of benzene rings is 1. The molecule has 1 aromatic carbocycles. The molecule has 168 valence electrons. The van der Waals surface area contributed by atoms with E-state index in [1.165, 1.54) is 32.1 Å². The molecule has 1 aliphatic carbocycles. The van der Waals surface area contributed by atoms with Crippen LogP contribution in [0.4, 0.5) is 0 Å². The highest BCUT2D eigenvalue weighted by molar-refractivity contribution is 7.89. The van der Waals surface area contributed by atoms with E-state index in [0.29, 0.717) is 0 Å². The van der Waals surface area contributed by atoms with Crippen LogP contribution in [0, 0.1) is 11.3 Å². The molecule has 4 rings (SSSR count). The van der Waals surface area contributed by atoms with Crippen molar-refractivity contribution in [2.45, 2.75) is 30.3 Å². The molecular weight excluding hydrogens is 458 g/mol. The molecule has 1 saturated carbocycles. The largest absolute Gasteiger partial charge is 0.338 e. The fourth-order valence-corrected chi connectivity index (χ4v) is 5.57. The van der Waals surface area contributed by atoms with Gasteiger partial charge in [-0.05, 0) is 25.0 Å². The molecule has 12 heteroatoms. The van der Waals surface area contributed by atoms with E-state index < -0.39 is 33.7 Å². The van der Waals surface area contributed by atoms with Gasteiger partial charge in [0, 0.05) is 38.4 Å². The zero-order chi connectivity index (χ0) is 23.0. The summed E-state index contributed by atoms with van der Waals surface area (Å²) in [5.74, 6) is -0.489. The van der Waals surface area contributed by atoms with E-state index in [4.69, 9.17) is 11.6 Å². The summed E-state index contributed by atoms with van der Waals surface area (Å²) in [7, 11) is -3.81. The number of amides is 1. The molecule has 1 aliphatic heterocycles. The molecule has 0 atom stereocenters. The molecule has 2 aliphatic rings. The van der Waals surface area contributed by atoms with Gasteiger partial charge in [0.25, 0.3) is 5.56 Å². The van der Waals surface area contributed by atoms with Crippen molar-refractivity contribution in [3.05, 3.63) is 61.9 Å². The highest BCUT2D eigenvalue weighted by atomic mass is 35.5.